The van der Waals surface area contributed by atoms with E-state index in [9.17, 15) is 0 Å². The molecule has 0 radical (unpaired) electrons. The summed E-state index contributed by atoms with van der Waals surface area (Å²) in [5.41, 5.74) is 0. The van der Waals surface area contributed by atoms with Crippen LogP contribution in [0.4, 0.5) is 0 Å². The normalized spacial score (nSPS) is 26.1. The highest BCUT2D eigenvalue weighted by atomic mass is 127. The summed E-state index contributed by atoms with van der Waals surface area (Å²) in [6.07, 6.45) is 8.03. The van der Waals surface area contributed by atoms with Gasteiger partial charge in [0, 0.05) is 51.4 Å². The number of rotatable bonds is 7. The van der Waals surface area contributed by atoms with Crippen molar-refractivity contribution in [2.24, 2.45) is 16.8 Å². The van der Waals surface area contributed by atoms with Crippen LogP contribution in [0.15, 0.2) is 4.99 Å². The molecule has 0 aromatic rings. The van der Waals surface area contributed by atoms with Crippen molar-refractivity contribution >= 4 is 29.9 Å². The number of hydrogen-bond acceptors (Lipinski definition) is 3. The highest BCUT2D eigenvalue weighted by Gasteiger charge is 2.32. The van der Waals surface area contributed by atoms with Gasteiger partial charge in [-0.25, -0.2) is 0 Å². The molecule has 3 aliphatic rings. The van der Waals surface area contributed by atoms with Crippen molar-refractivity contribution in [2.45, 2.75) is 71.4 Å². The van der Waals surface area contributed by atoms with Gasteiger partial charge < -0.3 is 20.4 Å². The fraction of sp³-hybridized carbons (Fsp3) is 0.952. The summed E-state index contributed by atoms with van der Waals surface area (Å²) in [6, 6.07) is 1.50. The molecule has 2 aliphatic heterocycles. The maximum Gasteiger partial charge on any atom is 0.191 e. The van der Waals surface area contributed by atoms with Gasteiger partial charge in [-0.05, 0) is 63.8 Å². The molecule has 158 valence electrons. The van der Waals surface area contributed by atoms with Crippen LogP contribution in [0, 0.1) is 11.8 Å². The number of nitrogens with zero attached hydrogens (tertiary/aromatic N) is 3. The maximum absolute atomic E-state index is 4.97. The Balaban J connectivity index is 0.00000261. The van der Waals surface area contributed by atoms with E-state index in [1.807, 2.05) is 0 Å². The Morgan fingerprint density at radius 2 is 1.81 bits per heavy atom. The van der Waals surface area contributed by atoms with Crippen molar-refractivity contribution in [1.82, 2.24) is 20.4 Å². The van der Waals surface area contributed by atoms with Crippen LogP contribution in [0.1, 0.15) is 59.3 Å². The quantitative estimate of drug-likeness (QED) is 0.326. The Morgan fingerprint density at radius 1 is 1.07 bits per heavy atom. The molecule has 27 heavy (non-hydrogen) atoms. The molecule has 2 saturated heterocycles. The standard InChI is InChI=1S/C21H41N5.HI/c1-4-22-21(24-19-9-12-26(13-10-19)20-7-8-20)23-14-18-6-5-11-25(16-18)15-17(2)3;/h17-20H,4-16H2,1-3H3,(H2,22,23,24);1H. The largest absolute Gasteiger partial charge is 0.357 e. The second kappa shape index (κ2) is 11.8. The summed E-state index contributed by atoms with van der Waals surface area (Å²) in [7, 11) is 0. The molecule has 1 atom stereocenters. The Morgan fingerprint density at radius 3 is 2.44 bits per heavy atom. The first-order valence-corrected chi connectivity index (χ1v) is 11.1. The number of hydrogen-bond donors (Lipinski definition) is 2. The molecular formula is C21H42IN5. The second-order valence-electron chi connectivity index (χ2n) is 9.07. The van der Waals surface area contributed by atoms with E-state index in [1.165, 1.54) is 71.2 Å². The molecule has 0 aromatic carbocycles. The van der Waals surface area contributed by atoms with Crippen LogP contribution in [0.3, 0.4) is 0 Å². The predicted octanol–water partition coefficient (Wildman–Crippen LogP) is 3.15. The van der Waals surface area contributed by atoms with Gasteiger partial charge >= 0.3 is 0 Å². The van der Waals surface area contributed by atoms with Gasteiger partial charge in [0.15, 0.2) is 5.96 Å². The summed E-state index contributed by atoms with van der Waals surface area (Å²) < 4.78 is 0. The Kier molecular flexibility index (Phi) is 10.1. The Labute approximate surface area is 184 Å². The van der Waals surface area contributed by atoms with Crippen LogP contribution in [0.5, 0.6) is 0 Å². The lowest BCUT2D eigenvalue weighted by Crippen LogP contribution is -2.49. The minimum Gasteiger partial charge on any atom is -0.357 e. The lowest BCUT2D eigenvalue weighted by molar-refractivity contribution is 0.162. The van der Waals surface area contributed by atoms with Crippen LogP contribution < -0.4 is 10.6 Å². The van der Waals surface area contributed by atoms with Gasteiger partial charge in [0.1, 0.15) is 0 Å². The lowest BCUT2D eigenvalue weighted by atomic mass is 9.97. The molecule has 2 heterocycles. The van der Waals surface area contributed by atoms with E-state index in [2.05, 4.69) is 41.2 Å². The van der Waals surface area contributed by atoms with Gasteiger partial charge in [-0.2, -0.15) is 0 Å². The van der Waals surface area contributed by atoms with Gasteiger partial charge in [-0.1, -0.05) is 13.8 Å². The monoisotopic (exact) mass is 491 g/mol. The summed E-state index contributed by atoms with van der Waals surface area (Å²) in [5.74, 6) is 2.52. The average Bonchev–Trinajstić information content (AvgIpc) is 3.45. The predicted molar refractivity (Wildman–Crippen MR) is 126 cm³/mol. The van der Waals surface area contributed by atoms with Gasteiger partial charge in [0.25, 0.3) is 0 Å². The molecule has 1 aliphatic carbocycles. The van der Waals surface area contributed by atoms with Crippen molar-refractivity contribution in [2.75, 3.05) is 45.8 Å². The van der Waals surface area contributed by atoms with Gasteiger partial charge in [0.2, 0.25) is 0 Å². The van der Waals surface area contributed by atoms with E-state index in [4.69, 9.17) is 4.99 Å². The molecule has 1 saturated carbocycles. The molecule has 0 spiro atoms. The van der Waals surface area contributed by atoms with Crippen LogP contribution in [-0.4, -0.2) is 73.7 Å². The van der Waals surface area contributed by atoms with Gasteiger partial charge in [-0.3, -0.25) is 4.99 Å². The molecule has 3 fully saturated rings. The van der Waals surface area contributed by atoms with Crippen LogP contribution in [0.2, 0.25) is 0 Å². The van der Waals surface area contributed by atoms with Crippen molar-refractivity contribution in [3.05, 3.63) is 0 Å². The molecule has 1 unspecified atom stereocenters. The number of guanidine groups is 1. The SMILES string of the molecule is CCNC(=NCC1CCCN(CC(C)C)C1)NC1CCN(C2CC2)CC1.I. The molecule has 2 N–H and O–H groups in total. The first-order valence-electron chi connectivity index (χ1n) is 11.1. The maximum atomic E-state index is 4.97. The topological polar surface area (TPSA) is 42.9 Å². The smallest absolute Gasteiger partial charge is 0.191 e. The third-order valence-electron chi connectivity index (χ3n) is 6.01. The van der Waals surface area contributed by atoms with Crippen molar-refractivity contribution in [3.63, 3.8) is 0 Å². The van der Waals surface area contributed by atoms with Crippen molar-refractivity contribution < 1.29 is 0 Å². The van der Waals surface area contributed by atoms with Gasteiger partial charge in [0.05, 0.1) is 0 Å². The second-order valence-corrected chi connectivity index (χ2v) is 9.07. The molecule has 3 rings (SSSR count). The third kappa shape index (κ3) is 8.05. The number of nitrogens with one attached hydrogen (secondary N) is 2. The fourth-order valence-electron chi connectivity index (χ4n) is 4.56. The van der Waals surface area contributed by atoms with Crippen molar-refractivity contribution in [3.8, 4) is 0 Å². The minimum absolute atomic E-state index is 0. The van der Waals surface area contributed by atoms with Crippen LogP contribution >= 0.6 is 24.0 Å². The van der Waals surface area contributed by atoms with E-state index in [0.29, 0.717) is 6.04 Å². The van der Waals surface area contributed by atoms with Crippen LogP contribution in [0.25, 0.3) is 0 Å². The van der Waals surface area contributed by atoms with E-state index in [-0.39, 0.29) is 24.0 Å². The highest BCUT2D eigenvalue weighted by Crippen LogP contribution is 2.29. The molecule has 0 bridgehead atoms. The van der Waals surface area contributed by atoms with E-state index >= 15 is 0 Å². The first-order chi connectivity index (χ1) is 12.6. The van der Waals surface area contributed by atoms with E-state index in [1.54, 1.807) is 0 Å². The van der Waals surface area contributed by atoms with E-state index < -0.39 is 0 Å². The number of aliphatic imine (C=N–C) groups is 1. The minimum atomic E-state index is 0. The number of piperidine rings is 2. The summed E-state index contributed by atoms with van der Waals surface area (Å²) in [6.45, 7) is 15.0. The molecule has 0 aromatic heterocycles. The summed E-state index contributed by atoms with van der Waals surface area (Å²) >= 11 is 0. The zero-order valence-corrected chi connectivity index (χ0v) is 20.1. The first kappa shape index (κ1) is 23.2. The Bertz CT molecular complexity index is 444. The van der Waals surface area contributed by atoms with Crippen molar-refractivity contribution in [1.29, 1.82) is 0 Å². The lowest BCUT2D eigenvalue weighted by Gasteiger charge is -2.34. The molecular weight excluding hydrogens is 449 g/mol. The molecule has 6 heteroatoms. The fourth-order valence-corrected chi connectivity index (χ4v) is 4.56. The summed E-state index contributed by atoms with van der Waals surface area (Å²) in [4.78, 5) is 10.3. The third-order valence-corrected chi connectivity index (χ3v) is 6.01. The molecule has 0 amide bonds. The average molecular weight is 492 g/mol. The highest BCUT2D eigenvalue weighted by molar-refractivity contribution is 14.0. The zero-order valence-electron chi connectivity index (χ0n) is 17.8. The summed E-state index contributed by atoms with van der Waals surface area (Å²) in [5, 5.41) is 7.19. The number of likely N-dealkylation sites (tertiary alicyclic amines) is 2. The zero-order chi connectivity index (χ0) is 18.4. The van der Waals surface area contributed by atoms with Crippen LogP contribution in [-0.2, 0) is 0 Å². The number of halogens is 1. The Hall–Kier alpha value is -0.0800. The van der Waals surface area contributed by atoms with Gasteiger partial charge in [-0.15, -0.1) is 24.0 Å². The molecule has 5 nitrogen and oxygen atoms in total. The van der Waals surface area contributed by atoms with E-state index in [0.717, 1.165) is 36.9 Å².